The van der Waals surface area contributed by atoms with Crippen LogP contribution in [0.25, 0.3) is 0 Å². The van der Waals surface area contributed by atoms with Gasteiger partial charge < -0.3 is 0 Å². The summed E-state index contributed by atoms with van der Waals surface area (Å²) in [6, 6.07) is 0. The number of tetrazole rings is 1. The van der Waals surface area contributed by atoms with E-state index in [4.69, 9.17) is 5.21 Å². The lowest BCUT2D eigenvalue weighted by Gasteiger charge is -2.06. The molecule has 1 aromatic heterocycles. The topological polar surface area (TPSA) is 95.0 Å². The zero-order valence-electron chi connectivity index (χ0n) is 7.27. The Balaban J connectivity index is 2.18. The zero-order valence-corrected chi connectivity index (χ0v) is 7.27. The van der Waals surface area contributed by atoms with Gasteiger partial charge in [-0.2, -0.15) is 5.21 Å². The van der Waals surface area contributed by atoms with E-state index in [0.29, 0.717) is 23.7 Å². The molecule has 0 spiro atoms. The molecule has 0 aliphatic heterocycles. The van der Waals surface area contributed by atoms with Crippen molar-refractivity contribution in [1.29, 1.82) is 0 Å². The molecule has 72 valence electrons. The molecule has 7 nitrogen and oxygen atoms in total. The third kappa shape index (κ3) is 3.16. The van der Waals surface area contributed by atoms with Gasteiger partial charge in [-0.25, -0.2) is 5.06 Å². The van der Waals surface area contributed by atoms with Crippen molar-refractivity contribution in [2.24, 2.45) is 0 Å². The molecule has 0 saturated carbocycles. The molecule has 7 heteroatoms. The van der Waals surface area contributed by atoms with Crippen LogP contribution in [-0.2, 0) is 11.2 Å². The number of nitrogens with zero attached hydrogens (tertiary/aromatic N) is 4. The summed E-state index contributed by atoms with van der Waals surface area (Å²) >= 11 is 0. The fourth-order valence-corrected chi connectivity index (χ4v) is 0.848. The number of carbonyl (C=O) groups is 1. The fraction of sp³-hybridized carbons (Fsp3) is 0.667. The highest BCUT2D eigenvalue weighted by Gasteiger charge is 2.06. The molecule has 1 amide bonds. The Morgan fingerprint density at radius 3 is 3.00 bits per heavy atom. The van der Waals surface area contributed by atoms with Gasteiger partial charge >= 0.3 is 0 Å². The number of H-pyrrole nitrogens is 1. The summed E-state index contributed by atoms with van der Waals surface area (Å²) in [6.45, 7) is 0. The molecule has 2 N–H and O–H groups in total. The van der Waals surface area contributed by atoms with Gasteiger partial charge in [0.25, 0.3) is 0 Å². The third-order valence-electron chi connectivity index (χ3n) is 1.54. The minimum absolute atomic E-state index is 0.279. The molecule has 1 rings (SSSR count). The van der Waals surface area contributed by atoms with Gasteiger partial charge in [0.05, 0.1) is 0 Å². The first-order valence-corrected chi connectivity index (χ1v) is 3.88. The minimum Gasteiger partial charge on any atom is -0.286 e. The smallest absolute Gasteiger partial charge is 0.245 e. The number of hydrogen-bond acceptors (Lipinski definition) is 5. The number of nitrogens with one attached hydrogen (secondary N) is 1. The Labute approximate surface area is 74.7 Å². The van der Waals surface area contributed by atoms with Gasteiger partial charge in [0.15, 0.2) is 5.82 Å². The fourth-order valence-electron chi connectivity index (χ4n) is 0.848. The maximum absolute atomic E-state index is 10.9. The summed E-state index contributed by atoms with van der Waals surface area (Å²) in [5.74, 6) is 0.261. The van der Waals surface area contributed by atoms with Crippen LogP contribution in [0.4, 0.5) is 0 Å². The number of rotatable bonds is 4. The lowest BCUT2D eigenvalue weighted by atomic mass is 10.2. The van der Waals surface area contributed by atoms with Crippen LogP contribution in [0.3, 0.4) is 0 Å². The quantitative estimate of drug-likeness (QED) is 0.481. The molecule has 0 unspecified atom stereocenters. The van der Waals surface area contributed by atoms with E-state index >= 15 is 0 Å². The van der Waals surface area contributed by atoms with Crippen molar-refractivity contribution in [1.82, 2.24) is 25.7 Å². The standard InChI is InChI=1S/C6H11N5O2/c1-11(13)6(12)4-2-3-5-7-9-10-8-5/h13H,2-4H2,1H3,(H,7,8,9,10). The largest absolute Gasteiger partial charge is 0.286 e. The first kappa shape index (κ1) is 9.59. The molecular formula is C6H11N5O2. The van der Waals surface area contributed by atoms with E-state index in [1.807, 2.05) is 0 Å². The maximum Gasteiger partial charge on any atom is 0.245 e. The Morgan fingerprint density at radius 1 is 1.69 bits per heavy atom. The second-order valence-electron chi connectivity index (χ2n) is 2.60. The molecule has 0 bridgehead atoms. The number of aromatic amines is 1. The van der Waals surface area contributed by atoms with Crippen molar-refractivity contribution in [2.45, 2.75) is 19.3 Å². The molecule has 1 heterocycles. The first-order valence-electron chi connectivity index (χ1n) is 3.88. The highest BCUT2D eigenvalue weighted by molar-refractivity contribution is 5.74. The lowest BCUT2D eigenvalue weighted by molar-refractivity contribution is -0.159. The average molecular weight is 185 g/mol. The second-order valence-corrected chi connectivity index (χ2v) is 2.60. The Kier molecular flexibility index (Phi) is 3.32. The van der Waals surface area contributed by atoms with Crippen LogP contribution in [-0.4, -0.2) is 43.8 Å². The monoisotopic (exact) mass is 185 g/mol. The molecule has 0 radical (unpaired) electrons. The van der Waals surface area contributed by atoms with E-state index in [2.05, 4.69) is 20.6 Å². The summed E-state index contributed by atoms with van der Waals surface area (Å²) < 4.78 is 0. The van der Waals surface area contributed by atoms with E-state index < -0.39 is 0 Å². The van der Waals surface area contributed by atoms with E-state index in [1.165, 1.54) is 7.05 Å². The molecule has 0 fully saturated rings. The molecule has 0 aromatic carbocycles. The van der Waals surface area contributed by atoms with E-state index in [0.717, 1.165) is 0 Å². The third-order valence-corrected chi connectivity index (χ3v) is 1.54. The van der Waals surface area contributed by atoms with E-state index in [1.54, 1.807) is 0 Å². The Hall–Kier alpha value is -1.50. The first-order chi connectivity index (χ1) is 6.20. The van der Waals surface area contributed by atoms with Crippen LogP contribution in [0, 0.1) is 0 Å². The normalized spacial score (nSPS) is 10.0. The molecule has 1 aromatic rings. The minimum atomic E-state index is -0.316. The highest BCUT2D eigenvalue weighted by atomic mass is 16.5. The van der Waals surface area contributed by atoms with Crippen LogP contribution in [0.5, 0.6) is 0 Å². The summed E-state index contributed by atoms with van der Waals surface area (Å²) in [7, 11) is 1.30. The summed E-state index contributed by atoms with van der Waals surface area (Å²) in [5, 5.41) is 22.4. The zero-order chi connectivity index (χ0) is 9.68. The summed E-state index contributed by atoms with van der Waals surface area (Å²) in [5.41, 5.74) is 0. The number of carbonyl (C=O) groups excluding carboxylic acids is 1. The predicted octanol–water partition coefficient (Wildman–Crippen LogP) is -0.630. The predicted molar refractivity (Wildman–Crippen MR) is 41.7 cm³/mol. The van der Waals surface area contributed by atoms with Gasteiger partial charge in [-0.3, -0.25) is 10.0 Å². The van der Waals surface area contributed by atoms with Crippen LogP contribution in [0.2, 0.25) is 0 Å². The number of aryl methyl sites for hydroxylation is 1. The van der Waals surface area contributed by atoms with Crippen LogP contribution in [0.15, 0.2) is 0 Å². The van der Waals surface area contributed by atoms with E-state index in [9.17, 15) is 4.79 Å². The van der Waals surface area contributed by atoms with Gasteiger partial charge in [0.2, 0.25) is 5.91 Å². The van der Waals surface area contributed by atoms with Gasteiger partial charge in [-0.15, -0.1) is 10.2 Å². The van der Waals surface area contributed by atoms with Gasteiger partial charge in [0.1, 0.15) is 0 Å². The van der Waals surface area contributed by atoms with Crippen molar-refractivity contribution in [3.05, 3.63) is 5.82 Å². The van der Waals surface area contributed by atoms with Crippen molar-refractivity contribution in [2.75, 3.05) is 7.05 Å². The van der Waals surface area contributed by atoms with Crippen molar-refractivity contribution >= 4 is 5.91 Å². The van der Waals surface area contributed by atoms with Crippen molar-refractivity contribution in [3.8, 4) is 0 Å². The highest BCUT2D eigenvalue weighted by Crippen LogP contribution is 1.98. The van der Waals surface area contributed by atoms with Crippen molar-refractivity contribution < 1.29 is 10.0 Å². The molecular weight excluding hydrogens is 174 g/mol. The average Bonchev–Trinajstić information content (AvgIpc) is 2.56. The van der Waals surface area contributed by atoms with E-state index in [-0.39, 0.29) is 12.3 Å². The molecule has 0 aliphatic rings. The van der Waals surface area contributed by atoms with Crippen LogP contribution >= 0.6 is 0 Å². The molecule has 0 atom stereocenters. The van der Waals surface area contributed by atoms with Gasteiger partial charge in [0, 0.05) is 19.9 Å². The Bertz CT molecular complexity index is 258. The molecule has 13 heavy (non-hydrogen) atoms. The summed E-state index contributed by atoms with van der Waals surface area (Å²) in [4.78, 5) is 10.9. The number of hydrogen-bond donors (Lipinski definition) is 2. The number of hydroxylamine groups is 2. The van der Waals surface area contributed by atoms with Crippen LogP contribution in [0.1, 0.15) is 18.7 Å². The van der Waals surface area contributed by atoms with Gasteiger partial charge in [-0.1, -0.05) is 5.21 Å². The number of amides is 1. The van der Waals surface area contributed by atoms with Gasteiger partial charge in [-0.05, 0) is 6.42 Å². The molecule has 0 saturated heterocycles. The molecule has 0 aliphatic carbocycles. The summed E-state index contributed by atoms with van der Waals surface area (Å²) in [6.07, 6.45) is 1.46. The van der Waals surface area contributed by atoms with Crippen molar-refractivity contribution in [3.63, 3.8) is 0 Å². The Morgan fingerprint density at radius 2 is 2.46 bits per heavy atom. The van der Waals surface area contributed by atoms with Crippen LogP contribution < -0.4 is 0 Å². The second kappa shape index (κ2) is 4.51. The lowest BCUT2D eigenvalue weighted by Crippen LogP contribution is -2.22. The number of aromatic nitrogens is 4. The SMILES string of the molecule is CN(O)C(=O)CCCc1nn[nH]n1. The maximum atomic E-state index is 10.9.